The maximum Gasteiger partial charge on any atom is 0.469 e. The molecule has 41 heavy (non-hydrogen) atoms. The van der Waals surface area contributed by atoms with Gasteiger partial charge in [0.15, 0.2) is 33.3 Å². The van der Waals surface area contributed by atoms with E-state index in [0.29, 0.717) is 0 Å². The first-order chi connectivity index (χ1) is 18.1. The molecule has 0 saturated heterocycles. The van der Waals surface area contributed by atoms with Gasteiger partial charge in [0.1, 0.15) is 0 Å². The molecule has 9 heteroatoms. The molecule has 0 aromatic carbocycles. The van der Waals surface area contributed by atoms with E-state index in [2.05, 4.69) is 122 Å². The molecule has 0 atom stereocenters. The van der Waals surface area contributed by atoms with Crippen LogP contribution >= 0.6 is 0 Å². The number of hydrogen-bond acceptors (Lipinski definition) is 4. The third-order valence-corrected chi connectivity index (χ3v) is 34.5. The van der Waals surface area contributed by atoms with Gasteiger partial charge in [-0.2, -0.15) is 0 Å². The Kier molecular flexibility index (Phi) is 16.3. The zero-order valence-electron chi connectivity index (χ0n) is 31.4. The molecule has 0 radical (unpaired) electrons. The summed E-state index contributed by atoms with van der Waals surface area (Å²) >= 11 is 0. The van der Waals surface area contributed by atoms with Gasteiger partial charge in [-0.1, -0.05) is 107 Å². The van der Waals surface area contributed by atoms with E-state index < -0.39 is 42.1 Å². The minimum absolute atomic E-state index is 0.110. The molecular formula is C32H76O4Si5. The molecule has 4 nitrogen and oxygen atoms in total. The lowest BCUT2D eigenvalue weighted by Gasteiger charge is -2.52. The van der Waals surface area contributed by atoms with Gasteiger partial charge in [0.2, 0.25) is 0 Å². The van der Waals surface area contributed by atoms with Crippen molar-refractivity contribution in [2.45, 2.75) is 200 Å². The summed E-state index contributed by atoms with van der Waals surface area (Å²) < 4.78 is 28.4. The molecule has 0 amide bonds. The highest BCUT2D eigenvalue weighted by Crippen LogP contribution is 2.47. The number of hydrogen-bond donors (Lipinski definition) is 0. The van der Waals surface area contributed by atoms with Crippen LogP contribution in [-0.4, -0.2) is 48.7 Å². The third kappa shape index (κ3) is 14.7. The van der Waals surface area contributed by atoms with Gasteiger partial charge in [0, 0.05) is 12.7 Å². The molecule has 0 aliphatic rings. The van der Waals surface area contributed by atoms with E-state index in [9.17, 15) is 0 Å². The predicted molar refractivity (Wildman–Crippen MR) is 196 cm³/mol. The van der Waals surface area contributed by atoms with Gasteiger partial charge in [0.25, 0.3) is 0 Å². The summed E-state index contributed by atoms with van der Waals surface area (Å²) in [6, 6.07) is 2.25. The highest BCUT2D eigenvalue weighted by Gasteiger charge is 2.57. The molecule has 0 fully saturated rings. The summed E-state index contributed by atoms with van der Waals surface area (Å²) in [5, 5.41) is 0.331. The molecule has 0 aromatic rings. The predicted octanol–water partition coefficient (Wildman–Crippen LogP) is 12.4. The minimum atomic E-state index is -2.96. The molecule has 248 valence electrons. The maximum absolute atomic E-state index is 7.46. The quantitative estimate of drug-likeness (QED) is 0.102. The van der Waals surface area contributed by atoms with Crippen molar-refractivity contribution >= 4 is 42.1 Å². The fourth-order valence-corrected chi connectivity index (χ4v) is 22.8. The van der Waals surface area contributed by atoms with Crippen LogP contribution in [0.25, 0.3) is 0 Å². The summed E-state index contributed by atoms with van der Waals surface area (Å²) in [6.07, 6.45) is 10.4. The first kappa shape index (κ1) is 41.9. The van der Waals surface area contributed by atoms with Crippen LogP contribution in [0.15, 0.2) is 0 Å². The summed E-state index contributed by atoms with van der Waals surface area (Å²) in [7, 11) is -10.7. The van der Waals surface area contributed by atoms with Crippen LogP contribution in [0, 0.1) is 0 Å². The van der Waals surface area contributed by atoms with E-state index in [-0.39, 0.29) is 15.1 Å². The highest BCUT2D eigenvalue weighted by molar-refractivity contribution is 6.92. The van der Waals surface area contributed by atoms with E-state index >= 15 is 0 Å². The van der Waals surface area contributed by atoms with Crippen molar-refractivity contribution in [3.63, 3.8) is 0 Å². The first-order valence-corrected chi connectivity index (χ1v) is 30.7. The van der Waals surface area contributed by atoms with Crippen LogP contribution in [-0.2, 0) is 16.8 Å². The van der Waals surface area contributed by atoms with E-state index in [0.717, 1.165) is 19.1 Å². The molecule has 0 bridgehead atoms. The highest BCUT2D eigenvalue weighted by atomic mass is 28.5. The lowest BCUT2D eigenvalue weighted by molar-refractivity contribution is 0.227. The Morgan fingerprint density at radius 3 is 0.951 bits per heavy atom. The van der Waals surface area contributed by atoms with Crippen LogP contribution in [0.3, 0.4) is 0 Å². The van der Waals surface area contributed by atoms with Crippen LogP contribution < -0.4 is 0 Å². The molecule has 0 rings (SSSR count). The smallest absolute Gasteiger partial charge is 0.418 e. The van der Waals surface area contributed by atoms with Crippen LogP contribution in [0.1, 0.15) is 121 Å². The largest absolute Gasteiger partial charge is 0.469 e. The van der Waals surface area contributed by atoms with Crippen molar-refractivity contribution in [2.24, 2.45) is 0 Å². The summed E-state index contributed by atoms with van der Waals surface area (Å²) in [4.78, 5) is 0. The summed E-state index contributed by atoms with van der Waals surface area (Å²) in [5.41, 5.74) is 0. The Hall–Kier alpha value is 0.924. The SMILES string of the molecule is CCO[Si](C)(C)CCCCCCCCCC[Si](O[Si](C)(C)C(C)(C)C)(O[Si](C)(C)C(C)(C)C)O[Si](C)(C)C(C)(C)C. The van der Waals surface area contributed by atoms with Gasteiger partial charge >= 0.3 is 8.80 Å². The Morgan fingerprint density at radius 2 is 0.683 bits per heavy atom. The molecule has 0 spiro atoms. The average Bonchev–Trinajstić information content (AvgIpc) is 2.71. The fraction of sp³-hybridized carbons (Fsp3) is 1.00. The number of unbranched alkanes of at least 4 members (excludes halogenated alkanes) is 7. The van der Waals surface area contributed by atoms with Crippen molar-refractivity contribution < 1.29 is 16.8 Å². The van der Waals surface area contributed by atoms with E-state index in [1.54, 1.807) is 0 Å². The van der Waals surface area contributed by atoms with Crippen LogP contribution in [0.2, 0.25) is 79.6 Å². The molecular weight excluding hydrogens is 589 g/mol. The lowest BCUT2D eigenvalue weighted by atomic mass is 10.1. The summed E-state index contributed by atoms with van der Waals surface area (Å²) in [6.45, 7) is 43.1. The van der Waals surface area contributed by atoms with Crippen LogP contribution in [0.5, 0.6) is 0 Å². The van der Waals surface area contributed by atoms with Gasteiger partial charge < -0.3 is 16.8 Å². The molecule has 0 unspecified atom stereocenters. The first-order valence-electron chi connectivity index (χ1n) is 16.9. The third-order valence-electron chi connectivity index (χ3n) is 10.2. The van der Waals surface area contributed by atoms with Crippen LogP contribution in [0.4, 0.5) is 0 Å². The standard InChI is InChI=1S/C32H76O4Si5/c1-19-33-37(11,12)28-26-24-22-20-21-23-25-27-29-41(34-38(13,14)30(2,3)4,35-39(15,16)31(5,6)7)36-40(17,18)32(8,9)10/h19-29H2,1-18H3. The van der Waals surface area contributed by atoms with Crippen molar-refractivity contribution in [2.75, 3.05) is 6.61 Å². The van der Waals surface area contributed by atoms with Gasteiger partial charge in [-0.15, -0.1) is 0 Å². The van der Waals surface area contributed by atoms with Crippen molar-refractivity contribution in [1.29, 1.82) is 0 Å². The monoisotopic (exact) mass is 664 g/mol. The zero-order valence-corrected chi connectivity index (χ0v) is 36.4. The van der Waals surface area contributed by atoms with Gasteiger partial charge in [-0.25, -0.2) is 0 Å². The Morgan fingerprint density at radius 1 is 0.415 bits per heavy atom. The Balaban J connectivity index is 5.63. The second kappa shape index (κ2) is 16.0. The molecule has 0 heterocycles. The number of rotatable bonds is 19. The van der Waals surface area contributed by atoms with Gasteiger partial charge in [-0.05, 0) is 86.9 Å². The molecule has 0 aromatic heterocycles. The molecule has 0 N–H and O–H groups in total. The molecule has 0 saturated carbocycles. The maximum atomic E-state index is 7.46. The van der Waals surface area contributed by atoms with Crippen molar-refractivity contribution in [3.05, 3.63) is 0 Å². The lowest BCUT2D eigenvalue weighted by Crippen LogP contribution is -2.65. The van der Waals surface area contributed by atoms with Crippen molar-refractivity contribution in [1.82, 2.24) is 0 Å². The minimum Gasteiger partial charge on any atom is -0.418 e. The molecule has 0 aliphatic heterocycles. The second-order valence-electron chi connectivity index (χ2n) is 17.8. The van der Waals surface area contributed by atoms with E-state index in [4.69, 9.17) is 16.8 Å². The second-order valence-corrected chi connectivity index (χ2v) is 40.0. The normalized spacial score (nSPS) is 15.1. The topological polar surface area (TPSA) is 36.9 Å². The fourth-order valence-electron chi connectivity index (χ4n) is 4.26. The summed E-state index contributed by atoms with van der Waals surface area (Å²) in [5.74, 6) is 0. The Labute approximate surface area is 264 Å². The van der Waals surface area contributed by atoms with E-state index in [1.165, 1.54) is 51.0 Å². The van der Waals surface area contributed by atoms with Crippen molar-refractivity contribution in [3.8, 4) is 0 Å². The van der Waals surface area contributed by atoms with E-state index in [1.807, 2.05) is 0 Å². The van der Waals surface area contributed by atoms with Gasteiger partial charge in [0.05, 0.1) is 0 Å². The zero-order chi connectivity index (χ0) is 32.6. The molecule has 0 aliphatic carbocycles. The van der Waals surface area contributed by atoms with Gasteiger partial charge in [-0.3, -0.25) is 0 Å². The average molecular weight is 665 g/mol. The Bertz CT molecular complexity index is 677.